The standard InChI is InChI=1S/C8H12ClN3/c9-6-2-1-5(3-7(6)11)8(12)4-10/h1-3,8H,4,10-12H2/t8-/m1/s1. The minimum Gasteiger partial charge on any atom is -0.398 e. The van der Waals surface area contributed by atoms with Crippen LogP contribution in [-0.4, -0.2) is 6.54 Å². The zero-order valence-corrected chi connectivity index (χ0v) is 7.38. The van der Waals surface area contributed by atoms with E-state index in [9.17, 15) is 0 Å². The molecule has 6 N–H and O–H groups in total. The van der Waals surface area contributed by atoms with Gasteiger partial charge in [0.1, 0.15) is 0 Å². The van der Waals surface area contributed by atoms with Gasteiger partial charge < -0.3 is 17.2 Å². The van der Waals surface area contributed by atoms with E-state index in [0.717, 1.165) is 5.56 Å². The van der Waals surface area contributed by atoms with E-state index in [-0.39, 0.29) is 6.04 Å². The van der Waals surface area contributed by atoms with Crippen LogP contribution in [0, 0.1) is 0 Å². The highest BCUT2D eigenvalue weighted by Crippen LogP contribution is 2.21. The zero-order chi connectivity index (χ0) is 9.14. The second-order valence-electron chi connectivity index (χ2n) is 2.62. The van der Waals surface area contributed by atoms with Crippen molar-refractivity contribution < 1.29 is 0 Å². The third-order valence-corrected chi connectivity index (χ3v) is 2.05. The van der Waals surface area contributed by atoms with Crippen molar-refractivity contribution in [2.45, 2.75) is 6.04 Å². The van der Waals surface area contributed by atoms with Crippen LogP contribution in [0.3, 0.4) is 0 Å². The molecule has 0 radical (unpaired) electrons. The molecule has 0 aromatic heterocycles. The van der Waals surface area contributed by atoms with Gasteiger partial charge in [-0.15, -0.1) is 0 Å². The zero-order valence-electron chi connectivity index (χ0n) is 6.63. The molecule has 0 aliphatic carbocycles. The van der Waals surface area contributed by atoms with Crippen molar-refractivity contribution in [3.63, 3.8) is 0 Å². The normalized spacial score (nSPS) is 12.9. The van der Waals surface area contributed by atoms with Crippen LogP contribution in [-0.2, 0) is 0 Å². The minimum absolute atomic E-state index is 0.162. The van der Waals surface area contributed by atoms with E-state index in [1.165, 1.54) is 0 Å². The van der Waals surface area contributed by atoms with Crippen molar-refractivity contribution in [2.24, 2.45) is 11.5 Å². The first-order chi connectivity index (χ1) is 5.65. The molecule has 1 aromatic carbocycles. The van der Waals surface area contributed by atoms with Gasteiger partial charge in [-0.25, -0.2) is 0 Å². The van der Waals surface area contributed by atoms with Crippen molar-refractivity contribution in [2.75, 3.05) is 12.3 Å². The third-order valence-electron chi connectivity index (χ3n) is 1.70. The van der Waals surface area contributed by atoms with Gasteiger partial charge in [0.05, 0.1) is 10.7 Å². The van der Waals surface area contributed by atoms with E-state index in [0.29, 0.717) is 17.3 Å². The van der Waals surface area contributed by atoms with Crippen LogP contribution >= 0.6 is 11.6 Å². The summed E-state index contributed by atoms with van der Waals surface area (Å²) in [6, 6.07) is 5.14. The maximum absolute atomic E-state index is 5.73. The van der Waals surface area contributed by atoms with Crippen LogP contribution in [0.5, 0.6) is 0 Å². The molecule has 0 heterocycles. The van der Waals surface area contributed by atoms with E-state index < -0.39 is 0 Å². The van der Waals surface area contributed by atoms with E-state index in [1.807, 2.05) is 6.07 Å². The quantitative estimate of drug-likeness (QED) is 0.599. The number of benzene rings is 1. The van der Waals surface area contributed by atoms with Gasteiger partial charge in [-0.05, 0) is 17.7 Å². The summed E-state index contributed by atoms with van der Waals surface area (Å²) >= 11 is 5.73. The highest BCUT2D eigenvalue weighted by Gasteiger charge is 2.04. The lowest BCUT2D eigenvalue weighted by atomic mass is 10.1. The van der Waals surface area contributed by atoms with Crippen LogP contribution in [0.2, 0.25) is 5.02 Å². The number of halogens is 1. The lowest BCUT2D eigenvalue weighted by molar-refractivity contribution is 0.737. The first-order valence-corrected chi connectivity index (χ1v) is 4.03. The van der Waals surface area contributed by atoms with Gasteiger partial charge in [0.2, 0.25) is 0 Å². The van der Waals surface area contributed by atoms with Crippen molar-refractivity contribution in [1.82, 2.24) is 0 Å². The maximum Gasteiger partial charge on any atom is 0.0635 e. The van der Waals surface area contributed by atoms with Crippen molar-refractivity contribution in [1.29, 1.82) is 0 Å². The molecule has 1 aromatic rings. The molecule has 0 bridgehead atoms. The predicted octanol–water partition coefficient (Wildman–Crippen LogP) is 0.881. The summed E-state index contributed by atoms with van der Waals surface area (Å²) < 4.78 is 0. The van der Waals surface area contributed by atoms with Crippen LogP contribution in [0.15, 0.2) is 18.2 Å². The topological polar surface area (TPSA) is 78.1 Å². The number of anilines is 1. The van der Waals surface area contributed by atoms with Gasteiger partial charge in [0, 0.05) is 12.6 Å². The van der Waals surface area contributed by atoms with E-state index in [2.05, 4.69) is 0 Å². The summed E-state index contributed by atoms with van der Waals surface area (Å²) in [5.74, 6) is 0. The van der Waals surface area contributed by atoms with Gasteiger partial charge in [-0.1, -0.05) is 17.7 Å². The van der Waals surface area contributed by atoms with Crippen LogP contribution in [0.4, 0.5) is 5.69 Å². The first-order valence-electron chi connectivity index (χ1n) is 3.65. The van der Waals surface area contributed by atoms with Gasteiger partial charge >= 0.3 is 0 Å². The Morgan fingerprint density at radius 1 is 1.42 bits per heavy atom. The second kappa shape index (κ2) is 3.76. The fourth-order valence-corrected chi connectivity index (χ4v) is 1.05. The summed E-state index contributed by atoms with van der Waals surface area (Å²) in [5, 5.41) is 0.544. The Balaban J connectivity index is 2.96. The molecule has 0 amide bonds. The highest BCUT2D eigenvalue weighted by molar-refractivity contribution is 6.33. The molecule has 0 saturated heterocycles. The SMILES string of the molecule is NC[C@@H](N)c1ccc(Cl)c(N)c1. The molecule has 0 saturated carbocycles. The predicted molar refractivity (Wildman–Crippen MR) is 51.8 cm³/mol. The Morgan fingerprint density at radius 3 is 2.58 bits per heavy atom. The molecule has 0 fully saturated rings. The third kappa shape index (κ3) is 1.88. The summed E-state index contributed by atoms with van der Waals surface area (Å²) in [6.07, 6.45) is 0. The molecule has 3 nitrogen and oxygen atoms in total. The van der Waals surface area contributed by atoms with E-state index in [4.69, 9.17) is 28.8 Å². The average Bonchev–Trinajstić information content (AvgIpc) is 2.08. The van der Waals surface area contributed by atoms with E-state index in [1.54, 1.807) is 12.1 Å². The van der Waals surface area contributed by atoms with Gasteiger partial charge in [-0.2, -0.15) is 0 Å². The van der Waals surface area contributed by atoms with Crippen LogP contribution in [0.1, 0.15) is 11.6 Å². The monoisotopic (exact) mass is 185 g/mol. The van der Waals surface area contributed by atoms with Gasteiger partial charge in [-0.3, -0.25) is 0 Å². The molecular weight excluding hydrogens is 174 g/mol. The first kappa shape index (κ1) is 9.32. The Morgan fingerprint density at radius 2 is 2.08 bits per heavy atom. The molecule has 12 heavy (non-hydrogen) atoms. The number of nitrogens with two attached hydrogens (primary N) is 3. The Kier molecular flexibility index (Phi) is 2.92. The number of hydrogen-bond acceptors (Lipinski definition) is 3. The molecule has 4 heteroatoms. The summed E-state index contributed by atoms with van der Waals surface area (Å²) in [4.78, 5) is 0. The summed E-state index contributed by atoms with van der Waals surface area (Å²) in [5.41, 5.74) is 18.1. The highest BCUT2D eigenvalue weighted by atomic mass is 35.5. The van der Waals surface area contributed by atoms with Crippen LogP contribution in [0.25, 0.3) is 0 Å². The van der Waals surface area contributed by atoms with E-state index >= 15 is 0 Å². The number of nitrogen functional groups attached to an aromatic ring is 1. The average molecular weight is 186 g/mol. The largest absolute Gasteiger partial charge is 0.398 e. The number of hydrogen-bond donors (Lipinski definition) is 3. The van der Waals surface area contributed by atoms with Gasteiger partial charge in [0.25, 0.3) is 0 Å². The molecule has 0 aliphatic rings. The smallest absolute Gasteiger partial charge is 0.0635 e. The van der Waals surface area contributed by atoms with Gasteiger partial charge in [0.15, 0.2) is 0 Å². The lowest BCUT2D eigenvalue weighted by Gasteiger charge is -2.09. The summed E-state index contributed by atoms with van der Waals surface area (Å²) in [7, 11) is 0. The number of rotatable bonds is 2. The molecular formula is C8H12ClN3. The van der Waals surface area contributed by atoms with Crippen molar-refractivity contribution in [3.05, 3.63) is 28.8 Å². The Hall–Kier alpha value is -0.770. The molecule has 0 unspecified atom stereocenters. The fourth-order valence-electron chi connectivity index (χ4n) is 0.929. The minimum atomic E-state index is -0.162. The van der Waals surface area contributed by atoms with Crippen molar-refractivity contribution in [3.8, 4) is 0 Å². The Labute approximate surface area is 76.5 Å². The Bertz CT molecular complexity index is 275. The molecule has 0 aliphatic heterocycles. The molecule has 0 spiro atoms. The maximum atomic E-state index is 5.73. The lowest BCUT2D eigenvalue weighted by Crippen LogP contribution is -2.20. The van der Waals surface area contributed by atoms with Crippen LogP contribution < -0.4 is 17.2 Å². The second-order valence-corrected chi connectivity index (χ2v) is 3.03. The van der Waals surface area contributed by atoms with Crippen molar-refractivity contribution >= 4 is 17.3 Å². The molecule has 1 atom stereocenters. The fraction of sp³-hybridized carbons (Fsp3) is 0.250. The molecule has 66 valence electrons. The molecule has 1 rings (SSSR count). The summed E-state index contributed by atoms with van der Waals surface area (Å²) in [6.45, 7) is 0.404.